The number of methoxy groups -OCH3 is 3. The highest BCUT2D eigenvalue weighted by atomic mass is 32.2. The number of hydrogen-bond donors (Lipinski definition) is 0. The first-order chi connectivity index (χ1) is 15.3. The lowest BCUT2D eigenvalue weighted by atomic mass is 10.1. The van der Waals surface area contributed by atoms with Gasteiger partial charge in [-0.1, -0.05) is 36.4 Å². The van der Waals surface area contributed by atoms with Crippen LogP contribution in [-0.2, 0) is 15.6 Å². The first-order valence-corrected chi connectivity index (χ1v) is 11.2. The van der Waals surface area contributed by atoms with E-state index in [4.69, 9.17) is 14.2 Å². The molecule has 3 rings (SSSR count). The Hall–Kier alpha value is -3.39. The number of benzene rings is 3. The standard InChI is InChI=1S/C24H22F2O5S/c1-29-22-12-16(13-23(30-2)24(22)31-3)8-9-17-6-4-5-7-18(17)15-32(27,28)19-10-11-20(25)21(26)14-19/h4-14H,15H2,1-3H3/b9-8-. The van der Waals surface area contributed by atoms with Crippen molar-refractivity contribution in [3.05, 3.63) is 82.9 Å². The summed E-state index contributed by atoms with van der Waals surface area (Å²) in [5.41, 5.74) is 1.92. The predicted octanol–water partition coefficient (Wildman–Crippen LogP) is 5.13. The minimum Gasteiger partial charge on any atom is -0.493 e. The molecule has 5 nitrogen and oxygen atoms in total. The maximum absolute atomic E-state index is 13.5. The summed E-state index contributed by atoms with van der Waals surface area (Å²) in [6.45, 7) is 0. The zero-order valence-corrected chi connectivity index (χ0v) is 18.6. The SMILES string of the molecule is COc1cc(/C=C\c2ccccc2CS(=O)(=O)c2ccc(F)c(F)c2)cc(OC)c1OC. The molecule has 168 valence electrons. The number of hydrogen-bond acceptors (Lipinski definition) is 5. The van der Waals surface area contributed by atoms with Gasteiger partial charge in [0.05, 0.1) is 32.0 Å². The van der Waals surface area contributed by atoms with Gasteiger partial charge in [0.2, 0.25) is 5.75 Å². The molecule has 0 heterocycles. The predicted molar refractivity (Wildman–Crippen MR) is 119 cm³/mol. The monoisotopic (exact) mass is 460 g/mol. The van der Waals surface area contributed by atoms with Crippen LogP contribution in [0.1, 0.15) is 16.7 Å². The Morgan fingerprint density at radius 2 is 1.47 bits per heavy atom. The molecule has 0 atom stereocenters. The molecule has 0 bridgehead atoms. The van der Waals surface area contributed by atoms with Crippen LogP contribution in [0.15, 0.2) is 59.5 Å². The Kier molecular flexibility index (Phi) is 7.15. The summed E-state index contributed by atoms with van der Waals surface area (Å²) < 4.78 is 68.3. The zero-order chi connectivity index (χ0) is 23.3. The van der Waals surface area contributed by atoms with E-state index in [2.05, 4.69) is 0 Å². The van der Waals surface area contributed by atoms with Gasteiger partial charge in [-0.15, -0.1) is 0 Å². The Morgan fingerprint density at radius 1 is 0.812 bits per heavy atom. The third-order valence-electron chi connectivity index (χ3n) is 4.79. The van der Waals surface area contributed by atoms with Crippen LogP contribution >= 0.6 is 0 Å². The fraction of sp³-hybridized carbons (Fsp3) is 0.167. The Morgan fingerprint density at radius 3 is 2.06 bits per heavy atom. The molecule has 8 heteroatoms. The van der Waals surface area contributed by atoms with E-state index >= 15 is 0 Å². The van der Waals surface area contributed by atoms with Gasteiger partial charge in [0.15, 0.2) is 33.0 Å². The molecule has 0 radical (unpaired) electrons. The van der Waals surface area contributed by atoms with Gasteiger partial charge in [-0.05, 0) is 47.0 Å². The molecular formula is C24H22F2O5S. The Bertz CT molecular complexity index is 1230. The first-order valence-electron chi connectivity index (χ1n) is 9.53. The Balaban J connectivity index is 1.94. The smallest absolute Gasteiger partial charge is 0.203 e. The molecule has 0 N–H and O–H groups in total. The lowest BCUT2D eigenvalue weighted by Gasteiger charge is -2.13. The van der Waals surface area contributed by atoms with Crippen LogP contribution in [0.4, 0.5) is 8.78 Å². The number of ether oxygens (including phenoxy) is 3. The zero-order valence-electron chi connectivity index (χ0n) is 17.8. The molecule has 0 aliphatic heterocycles. The normalized spacial score (nSPS) is 11.5. The number of rotatable bonds is 8. The van der Waals surface area contributed by atoms with Gasteiger partial charge in [0.1, 0.15) is 0 Å². The lowest BCUT2D eigenvalue weighted by molar-refractivity contribution is 0.324. The summed E-state index contributed by atoms with van der Waals surface area (Å²) in [5.74, 6) is -1.24. The lowest BCUT2D eigenvalue weighted by Crippen LogP contribution is -2.07. The van der Waals surface area contributed by atoms with E-state index in [1.807, 2.05) is 0 Å². The van der Waals surface area contributed by atoms with Crippen molar-refractivity contribution >= 4 is 22.0 Å². The number of halogens is 2. The van der Waals surface area contributed by atoms with Crippen LogP contribution in [0, 0.1) is 11.6 Å². The van der Waals surface area contributed by atoms with Gasteiger partial charge in [-0.3, -0.25) is 0 Å². The van der Waals surface area contributed by atoms with Gasteiger partial charge in [0, 0.05) is 0 Å². The van der Waals surface area contributed by atoms with E-state index in [1.54, 1.807) is 48.6 Å². The van der Waals surface area contributed by atoms with E-state index in [9.17, 15) is 17.2 Å². The molecule has 3 aromatic rings. The second-order valence-electron chi connectivity index (χ2n) is 6.83. The summed E-state index contributed by atoms with van der Waals surface area (Å²) >= 11 is 0. The van der Waals surface area contributed by atoms with Crippen molar-refractivity contribution in [3.63, 3.8) is 0 Å². The quantitative estimate of drug-likeness (QED) is 0.344. The van der Waals surface area contributed by atoms with Crippen molar-refractivity contribution in [3.8, 4) is 17.2 Å². The molecule has 0 aliphatic rings. The number of sulfone groups is 1. The summed E-state index contributed by atoms with van der Waals surface area (Å²) in [7, 11) is 0.662. The summed E-state index contributed by atoms with van der Waals surface area (Å²) in [6, 6.07) is 13.0. The van der Waals surface area contributed by atoms with Crippen LogP contribution < -0.4 is 14.2 Å². The highest BCUT2D eigenvalue weighted by molar-refractivity contribution is 7.90. The van der Waals surface area contributed by atoms with Crippen LogP contribution in [0.25, 0.3) is 12.2 Å². The first kappa shape index (κ1) is 23.3. The molecule has 0 unspecified atom stereocenters. The van der Waals surface area contributed by atoms with Crippen molar-refractivity contribution < 1.29 is 31.4 Å². The van der Waals surface area contributed by atoms with Gasteiger partial charge in [0.25, 0.3) is 0 Å². The van der Waals surface area contributed by atoms with Gasteiger partial charge in [-0.25, -0.2) is 17.2 Å². The largest absolute Gasteiger partial charge is 0.493 e. The van der Waals surface area contributed by atoms with E-state index in [-0.39, 0.29) is 10.6 Å². The van der Waals surface area contributed by atoms with Gasteiger partial charge < -0.3 is 14.2 Å². The summed E-state index contributed by atoms with van der Waals surface area (Å²) in [6.07, 6.45) is 3.55. The van der Waals surface area contributed by atoms with Crippen molar-refractivity contribution in [1.82, 2.24) is 0 Å². The molecule has 0 aliphatic carbocycles. The fourth-order valence-electron chi connectivity index (χ4n) is 3.17. The van der Waals surface area contributed by atoms with Crippen LogP contribution in [0.5, 0.6) is 17.2 Å². The van der Waals surface area contributed by atoms with E-state index < -0.39 is 21.5 Å². The summed E-state index contributed by atoms with van der Waals surface area (Å²) in [5, 5.41) is 0. The van der Waals surface area contributed by atoms with Crippen LogP contribution in [-0.4, -0.2) is 29.7 Å². The molecule has 0 spiro atoms. The van der Waals surface area contributed by atoms with E-state index in [1.165, 1.54) is 21.3 Å². The van der Waals surface area contributed by atoms with Crippen molar-refractivity contribution in [2.75, 3.05) is 21.3 Å². The second-order valence-corrected chi connectivity index (χ2v) is 8.82. The molecule has 0 saturated carbocycles. The molecule has 0 aromatic heterocycles. The second kappa shape index (κ2) is 9.82. The molecule has 0 amide bonds. The third kappa shape index (κ3) is 5.08. The molecule has 0 fully saturated rings. The highest BCUT2D eigenvalue weighted by Gasteiger charge is 2.19. The maximum Gasteiger partial charge on any atom is 0.203 e. The average molecular weight is 460 g/mol. The molecular weight excluding hydrogens is 438 g/mol. The maximum atomic E-state index is 13.5. The fourth-order valence-corrected chi connectivity index (χ4v) is 4.57. The summed E-state index contributed by atoms with van der Waals surface area (Å²) in [4.78, 5) is -0.278. The minimum absolute atomic E-state index is 0.278. The van der Waals surface area contributed by atoms with Crippen molar-refractivity contribution in [2.24, 2.45) is 0 Å². The van der Waals surface area contributed by atoms with Crippen molar-refractivity contribution in [1.29, 1.82) is 0 Å². The van der Waals surface area contributed by atoms with Gasteiger partial charge >= 0.3 is 0 Å². The highest BCUT2D eigenvalue weighted by Crippen LogP contribution is 2.38. The van der Waals surface area contributed by atoms with Crippen molar-refractivity contribution in [2.45, 2.75) is 10.6 Å². The molecule has 3 aromatic carbocycles. The molecule has 0 saturated heterocycles. The van der Waals surface area contributed by atoms with Crippen LogP contribution in [0.2, 0.25) is 0 Å². The Labute approximate surface area is 185 Å². The molecule has 32 heavy (non-hydrogen) atoms. The van der Waals surface area contributed by atoms with E-state index in [0.29, 0.717) is 34.4 Å². The average Bonchev–Trinajstić information content (AvgIpc) is 2.79. The van der Waals surface area contributed by atoms with Gasteiger partial charge in [-0.2, -0.15) is 0 Å². The third-order valence-corrected chi connectivity index (χ3v) is 6.46. The topological polar surface area (TPSA) is 61.8 Å². The van der Waals surface area contributed by atoms with E-state index in [0.717, 1.165) is 17.7 Å². The van der Waals surface area contributed by atoms with Crippen LogP contribution in [0.3, 0.4) is 0 Å². The minimum atomic E-state index is -3.89.